The first-order chi connectivity index (χ1) is 9.46. The zero-order valence-electron chi connectivity index (χ0n) is 11.4. The standard InChI is InChI=1S/C11H19ClN4O3S/c1-14-11(10(12)9-13-14)20(18,19)16-4-2-3-15(5-6-16)7-8-17/h9,17H,2-8H2,1H3. The van der Waals surface area contributed by atoms with Crippen LogP contribution in [-0.4, -0.2) is 71.8 Å². The molecular weight excluding hydrogens is 304 g/mol. The van der Waals surface area contributed by atoms with Crippen molar-refractivity contribution in [1.29, 1.82) is 0 Å². The minimum atomic E-state index is -3.63. The van der Waals surface area contributed by atoms with Gasteiger partial charge in [0, 0.05) is 33.2 Å². The fourth-order valence-electron chi connectivity index (χ4n) is 2.36. The van der Waals surface area contributed by atoms with Gasteiger partial charge in [-0.2, -0.15) is 9.40 Å². The van der Waals surface area contributed by atoms with E-state index in [0.29, 0.717) is 26.2 Å². The van der Waals surface area contributed by atoms with Crippen molar-refractivity contribution in [3.63, 3.8) is 0 Å². The quantitative estimate of drug-likeness (QED) is 0.828. The Morgan fingerprint density at radius 1 is 1.35 bits per heavy atom. The molecule has 0 saturated carbocycles. The van der Waals surface area contributed by atoms with Crippen LogP contribution < -0.4 is 0 Å². The van der Waals surface area contributed by atoms with Crippen molar-refractivity contribution < 1.29 is 13.5 Å². The monoisotopic (exact) mass is 322 g/mol. The maximum Gasteiger partial charge on any atom is 0.261 e. The molecule has 0 radical (unpaired) electrons. The lowest BCUT2D eigenvalue weighted by atomic mass is 10.4. The molecule has 114 valence electrons. The zero-order chi connectivity index (χ0) is 14.8. The molecule has 0 amide bonds. The molecule has 0 aliphatic carbocycles. The molecule has 2 heterocycles. The third-order valence-corrected chi connectivity index (χ3v) is 5.80. The summed E-state index contributed by atoms with van der Waals surface area (Å²) < 4.78 is 28.0. The lowest BCUT2D eigenvalue weighted by molar-refractivity contribution is 0.202. The van der Waals surface area contributed by atoms with Crippen LogP contribution in [0.25, 0.3) is 0 Å². The smallest absolute Gasteiger partial charge is 0.261 e. The Morgan fingerprint density at radius 2 is 2.10 bits per heavy atom. The van der Waals surface area contributed by atoms with Crippen LogP contribution in [0.4, 0.5) is 0 Å². The lowest BCUT2D eigenvalue weighted by Crippen LogP contribution is -2.36. The first kappa shape index (κ1) is 15.7. The Balaban J connectivity index is 2.18. The highest BCUT2D eigenvalue weighted by molar-refractivity contribution is 7.89. The SMILES string of the molecule is Cn1ncc(Cl)c1S(=O)(=O)N1CCCN(CCO)CC1. The number of β-amino-alcohol motifs (C(OH)–C–C–N with tert-alkyl or cyclic N) is 1. The normalized spacial score (nSPS) is 19.1. The Bertz CT molecular complexity index is 541. The maximum absolute atomic E-state index is 12.6. The summed E-state index contributed by atoms with van der Waals surface area (Å²) >= 11 is 5.94. The van der Waals surface area contributed by atoms with Gasteiger partial charge in [0.15, 0.2) is 5.03 Å². The molecule has 2 rings (SSSR count). The Morgan fingerprint density at radius 3 is 2.70 bits per heavy atom. The van der Waals surface area contributed by atoms with Gasteiger partial charge in [-0.15, -0.1) is 0 Å². The van der Waals surface area contributed by atoms with Gasteiger partial charge >= 0.3 is 0 Å². The summed E-state index contributed by atoms with van der Waals surface area (Å²) in [6, 6.07) is 0. The first-order valence-corrected chi connectivity index (χ1v) is 8.29. The van der Waals surface area contributed by atoms with E-state index in [1.165, 1.54) is 15.2 Å². The third-order valence-electron chi connectivity index (χ3n) is 3.39. The molecular formula is C11H19ClN4O3S. The van der Waals surface area contributed by atoms with Crippen molar-refractivity contribution >= 4 is 21.6 Å². The molecule has 1 aromatic heterocycles. The van der Waals surface area contributed by atoms with Crippen molar-refractivity contribution in [2.75, 3.05) is 39.3 Å². The van der Waals surface area contributed by atoms with E-state index in [4.69, 9.17) is 16.7 Å². The van der Waals surface area contributed by atoms with E-state index in [2.05, 4.69) is 10.00 Å². The van der Waals surface area contributed by atoms with Crippen molar-refractivity contribution in [1.82, 2.24) is 19.0 Å². The largest absolute Gasteiger partial charge is 0.395 e. The van der Waals surface area contributed by atoms with Crippen LogP contribution in [0.5, 0.6) is 0 Å². The minimum absolute atomic E-state index is 0.0368. The fourth-order valence-corrected chi connectivity index (χ4v) is 4.44. The van der Waals surface area contributed by atoms with Gasteiger partial charge in [0.2, 0.25) is 0 Å². The number of halogens is 1. The molecule has 1 aliphatic heterocycles. The number of aliphatic hydroxyl groups is 1. The van der Waals surface area contributed by atoms with Crippen molar-refractivity contribution in [2.24, 2.45) is 7.05 Å². The number of rotatable bonds is 4. The Kier molecular flexibility index (Phi) is 5.03. The average molecular weight is 323 g/mol. The van der Waals surface area contributed by atoms with Crippen molar-refractivity contribution in [3.05, 3.63) is 11.2 Å². The van der Waals surface area contributed by atoms with Crippen LogP contribution in [0.2, 0.25) is 5.02 Å². The molecule has 0 aromatic carbocycles. The van der Waals surface area contributed by atoms with Gasteiger partial charge in [0.05, 0.1) is 17.8 Å². The predicted molar refractivity (Wildman–Crippen MR) is 75.1 cm³/mol. The number of aromatic nitrogens is 2. The highest BCUT2D eigenvalue weighted by Crippen LogP contribution is 2.24. The van der Waals surface area contributed by atoms with Crippen molar-refractivity contribution in [3.8, 4) is 0 Å². The molecule has 1 N–H and O–H groups in total. The summed E-state index contributed by atoms with van der Waals surface area (Å²) in [5.74, 6) is 0. The molecule has 1 aromatic rings. The van der Waals surface area contributed by atoms with Gasteiger partial charge in [-0.25, -0.2) is 8.42 Å². The lowest BCUT2D eigenvalue weighted by Gasteiger charge is -2.21. The van der Waals surface area contributed by atoms with Crippen LogP contribution in [0.15, 0.2) is 11.2 Å². The maximum atomic E-state index is 12.6. The topological polar surface area (TPSA) is 78.7 Å². The molecule has 20 heavy (non-hydrogen) atoms. The second-order valence-electron chi connectivity index (χ2n) is 4.74. The van der Waals surface area contributed by atoms with Gasteiger partial charge in [-0.1, -0.05) is 11.6 Å². The summed E-state index contributed by atoms with van der Waals surface area (Å²) in [5, 5.41) is 13.0. The van der Waals surface area contributed by atoms with E-state index in [0.717, 1.165) is 13.0 Å². The summed E-state index contributed by atoms with van der Waals surface area (Å²) in [6.07, 6.45) is 2.07. The molecule has 9 heteroatoms. The van der Waals surface area contributed by atoms with Gasteiger partial charge in [-0.3, -0.25) is 9.58 Å². The van der Waals surface area contributed by atoms with E-state index in [-0.39, 0.29) is 16.7 Å². The number of hydrogen-bond acceptors (Lipinski definition) is 5. The van der Waals surface area contributed by atoms with E-state index >= 15 is 0 Å². The second-order valence-corrected chi connectivity index (χ2v) is 7.00. The Labute approximate surface area is 123 Å². The summed E-state index contributed by atoms with van der Waals surface area (Å²) in [6.45, 7) is 2.89. The fraction of sp³-hybridized carbons (Fsp3) is 0.727. The van der Waals surface area contributed by atoms with E-state index in [9.17, 15) is 8.42 Å². The van der Waals surface area contributed by atoms with Gasteiger partial charge < -0.3 is 5.11 Å². The van der Waals surface area contributed by atoms with Crippen LogP contribution in [0.3, 0.4) is 0 Å². The van der Waals surface area contributed by atoms with E-state index < -0.39 is 10.0 Å². The predicted octanol–water partition coefficient (Wildman–Crippen LogP) is -0.238. The van der Waals surface area contributed by atoms with Crippen LogP contribution >= 0.6 is 11.6 Å². The highest BCUT2D eigenvalue weighted by atomic mass is 35.5. The van der Waals surface area contributed by atoms with Gasteiger partial charge in [0.25, 0.3) is 10.0 Å². The molecule has 1 saturated heterocycles. The van der Waals surface area contributed by atoms with Crippen LogP contribution in [-0.2, 0) is 17.1 Å². The minimum Gasteiger partial charge on any atom is -0.395 e. The summed E-state index contributed by atoms with van der Waals surface area (Å²) in [7, 11) is -2.06. The summed E-state index contributed by atoms with van der Waals surface area (Å²) in [5.41, 5.74) is 0. The van der Waals surface area contributed by atoms with Gasteiger partial charge in [0.1, 0.15) is 0 Å². The Hall–Kier alpha value is -0.670. The molecule has 0 atom stereocenters. The van der Waals surface area contributed by atoms with E-state index in [1.807, 2.05) is 0 Å². The molecule has 1 aliphatic rings. The molecule has 1 fully saturated rings. The number of aryl methyl sites for hydroxylation is 1. The van der Waals surface area contributed by atoms with Crippen LogP contribution in [0, 0.1) is 0 Å². The third kappa shape index (κ3) is 3.15. The van der Waals surface area contributed by atoms with Crippen molar-refractivity contribution in [2.45, 2.75) is 11.4 Å². The molecule has 7 nitrogen and oxygen atoms in total. The molecule has 0 spiro atoms. The zero-order valence-corrected chi connectivity index (χ0v) is 12.9. The van der Waals surface area contributed by atoms with Crippen LogP contribution in [0.1, 0.15) is 6.42 Å². The number of aliphatic hydroxyl groups excluding tert-OH is 1. The average Bonchev–Trinajstić information content (AvgIpc) is 2.62. The summed E-state index contributed by atoms with van der Waals surface area (Å²) in [4.78, 5) is 2.06. The molecule has 0 bridgehead atoms. The molecule has 0 unspecified atom stereocenters. The first-order valence-electron chi connectivity index (χ1n) is 6.47. The number of nitrogens with zero attached hydrogens (tertiary/aromatic N) is 4. The number of hydrogen-bond donors (Lipinski definition) is 1. The highest BCUT2D eigenvalue weighted by Gasteiger charge is 2.31. The van der Waals surface area contributed by atoms with Gasteiger partial charge in [-0.05, 0) is 13.0 Å². The second kappa shape index (κ2) is 6.40. The number of sulfonamides is 1. The van der Waals surface area contributed by atoms with E-state index in [1.54, 1.807) is 7.05 Å².